The first-order valence-corrected chi connectivity index (χ1v) is 12.3. The summed E-state index contributed by atoms with van der Waals surface area (Å²) in [4.78, 5) is 29.1. The lowest BCUT2D eigenvalue weighted by Crippen LogP contribution is -2.22. The largest absolute Gasteiger partial charge is 0.508 e. The van der Waals surface area contributed by atoms with E-state index in [1.807, 2.05) is 30.3 Å². The SMILES string of the molecule is COc1ncccc1C1C=C(c2nc3ccc(C(=O)NCc4cc(-c5cccnc5)no4)cc3[nH]2)C(O)=CC1. The number of aliphatic hydroxyl groups excluding tert-OH is 1. The fraction of sp³-hybridized carbons (Fsp3) is 0.138. The molecule has 0 fully saturated rings. The van der Waals surface area contributed by atoms with Crippen molar-refractivity contribution in [1.82, 2.24) is 30.4 Å². The number of H-pyrrole nitrogens is 1. The van der Waals surface area contributed by atoms with E-state index >= 15 is 0 Å². The zero-order valence-corrected chi connectivity index (χ0v) is 21.0. The van der Waals surface area contributed by atoms with Crippen molar-refractivity contribution in [3.63, 3.8) is 0 Å². The number of ether oxygens (including phenoxy) is 1. The van der Waals surface area contributed by atoms with Crippen LogP contribution in [-0.2, 0) is 6.54 Å². The number of carbonyl (C=O) groups is 1. The molecule has 0 saturated heterocycles. The lowest BCUT2D eigenvalue weighted by molar-refractivity contribution is 0.0947. The van der Waals surface area contributed by atoms with Gasteiger partial charge in [0.2, 0.25) is 5.88 Å². The summed E-state index contributed by atoms with van der Waals surface area (Å²) in [6.07, 6.45) is 9.40. The van der Waals surface area contributed by atoms with Crippen LogP contribution in [0.2, 0.25) is 0 Å². The number of hydrogen-bond acceptors (Lipinski definition) is 8. The highest BCUT2D eigenvalue weighted by molar-refractivity contribution is 5.97. The molecule has 4 aromatic heterocycles. The van der Waals surface area contributed by atoms with Gasteiger partial charge in [0.25, 0.3) is 5.91 Å². The van der Waals surface area contributed by atoms with Crippen molar-refractivity contribution >= 4 is 22.5 Å². The summed E-state index contributed by atoms with van der Waals surface area (Å²) >= 11 is 0. The Hall–Kier alpha value is -5.25. The standard InChI is InChI=1S/C29H24N6O4/c1-38-29-21(5-3-11-31-29)17-7-9-26(36)22(12-17)27-33-23-8-6-18(13-25(23)34-27)28(37)32-16-20-14-24(35-39-20)19-4-2-10-30-15-19/h2-6,8-15,17,36H,7,16H2,1H3,(H,32,37)(H,33,34). The van der Waals surface area contributed by atoms with Gasteiger partial charge in [0.1, 0.15) is 17.3 Å². The molecule has 10 nitrogen and oxygen atoms in total. The number of allylic oxidation sites excluding steroid dienone is 3. The minimum atomic E-state index is -0.268. The summed E-state index contributed by atoms with van der Waals surface area (Å²) in [7, 11) is 1.59. The maximum Gasteiger partial charge on any atom is 0.251 e. The molecule has 0 aliphatic heterocycles. The molecule has 194 valence electrons. The average Bonchev–Trinajstić information content (AvgIpc) is 3.63. The van der Waals surface area contributed by atoms with Crippen LogP contribution in [0.15, 0.2) is 89.6 Å². The zero-order chi connectivity index (χ0) is 26.8. The number of hydrogen-bond donors (Lipinski definition) is 3. The second-order valence-corrected chi connectivity index (χ2v) is 9.03. The number of aromatic nitrogens is 5. The van der Waals surface area contributed by atoms with Crippen LogP contribution in [0.4, 0.5) is 0 Å². The molecule has 5 aromatic rings. The number of aromatic amines is 1. The van der Waals surface area contributed by atoms with E-state index in [4.69, 9.17) is 9.26 Å². The van der Waals surface area contributed by atoms with Gasteiger partial charge in [-0.3, -0.25) is 9.78 Å². The molecule has 1 aliphatic rings. The van der Waals surface area contributed by atoms with Gasteiger partial charge in [0, 0.05) is 47.3 Å². The van der Waals surface area contributed by atoms with Crippen LogP contribution < -0.4 is 10.1 Å². The first-order valence-electron chi connectivity index (χ1n) is 12.3. The number of nitrogens with zero attached hydrogens (tertiary/aromatic N) is 4. The molecule has 1 unspecified atom stereocenters. The van der Waals surface area contributed by atoms with E-state index in [1.54, 1.807) is 56.0 Å². The molecular formula is C29H24N6O4. The molecule has 0 radical (unpaired) electrons. The van der Waals surface area contributed by atoms with Gasteiger partial charge in [-0.25, -0.2) is 9.97 Å². The van der Waals surface area contributed by atoms with Crippen LogP contribution in [0.3, 0.4) is 0 Å². The van der Waals surface area contributed by atoms with Gasteiger partial charge in [0.15, 0.2) is 5.76 Å². The van der Waals surface area contributed by atoms with E-state index in [1.165, 1.54) is 0 Å². The molecule has 4 heterocycles. The van der Waals surface area contributed by atoms with Crippen LogP contribution in [0, 0.1) is 0 Å². The molecule has 3 N–H and O–H groups in total. The number of imidazole rings is 1. The second-order valence-electron chi connectivity index (χ2n) is 9.03. The van der Waals surface area contributed by atoms with Crippen LogP contribution in [-0.4, -0.2) is 43.2 Å². The number of pyridine rings is 2. The third-order valence-corrected chi connectivity index (χ3v) is 6.54. The molecule has 10 heteroatoms. The normalized spacial score (nSPS) is 15.1. The molecule has 39 heavy (non-hydrogen) atoms. The van der Waals surface area contributed by atoms with Gasteiger partial charge in [0.05, 0.1) is 30.3 Å². The topological polar surface area (TPSA) is 139 Å². The zero-order valence-electron chi connectivity index (χ0n) is 21.0. The fourth-order valence-corrected chi connectivity index (χ4v) is 4.57. The Morgan fingerprint density at radius 3 is 2.95 bits per heavy atom. The lowest BCUT2D eigenvalue weighted by Gasteiger charge is -2.19. The summed E-state index contributed by atoms with van der Waals surface area (Å²) in [6.45, 7) is 0.184. The minimum absolute atomic E-state index is 0.0381. The number of methoxy groups -OCH3 is 1. The van der Waals surface area contributed by atoms with E-state index in [0.717, 1.165) is 11.1 Å². The molecule has 1 aliphatic carbocycles. The molecule has 6 rings (SSSR count). The fourth-order valence-electron chi connectivity index (χ4n) is 4.57. The van der Waals surface area contributed by atoms with E-state index in [-0.39, 0.29) is 24.1 Å². The van der Waals surface area contributed by atoms with Crippen LogP contribution in [0.1, 0.15) is 39.8 Å². The van der Waals surface area contributed by atoms with Crippen molar-refractivity contribution in [3.05, 3.63) is 108 Å². The second kappa shape index (κ2) is 10.3. The summed E-state index contributed by atoms with van der Waals surface area (Å²) in [6, 6.07) is 14.5. The highest BCUT2D eigenvalue weighted by Crippen LogP contribution is 2.37. The maximum atomic E-state index is 12.9. The van der Waals surface area contributed by atoms with E-state index in [0.29, 0.717) is 51.7 Å². The first-order chi connectivity index (χ1) is 19.1. The number of amides is 1. The number of carbonyl (C=O) groups excluding carboxylic acids is 1. The predicted molar refractivity (Wildman–Crippen MR) is 144 cm³/mol. The van der Waals surface area contributed by atoms with Crippen LogP contribution >= 0.6 is 0 Å². The molecule has 0 bridgehead atoms. The Balaban J connectivity index is 1.19. The molecular weight excluding hydrogens is 496 g/mol. The van der Waals surface area contributed by atoms with Gasteiger partial charge in [-0.15, -0.1) is 0 Å². The van der Waals surface area contributed by atoms with E-state index in [9.17, 15) is 9.90 Å². The third kappa shape index (κ3) is 4.87. The highest BCUT2D eigenvalue weighted by Gasteiger charge is 2.23. The maximum absolute atomic E-state index is 12.9. The number of rotatable bonds is 7. The molecule has 0 spiro atoms. The van der Waals surface area contributed by atoms with Crippen molar-refractivity contribution in [1.29, 1.82) is 0 Å². The number of aliphatic hydroxyl groups is 1. The quantitative estimate of drug-likeness (QED) is 0.274. The molecule has 1 atom stereocenters. The van der Waals surface area contributed by atoms with Gasteiger partial charge >= 0.3 is 0 Å². The van der Waals surface area contributed by atoms with Gasteiger partial charge in [-0.2, -0.15) is 0 Å². The van der Waals surface area contributed by atoms with Crippen molar-refractivity contribution in [2.45, 2.75) is 18.9 Å². The van der Waals surface area contributed by atoms with Gasteiger partial charge < -0.3 is 24.7 Å². The average molecular weight is 521 g/mol. The Labute approximate surface area is 223 Å². The number of fused-ring (bicyclic) bond motifs is 1. The predicted octanol–water partition coefficient (Wildman–Crippen LogP) is 4.96. The third-order valence-electron chi connectivity index (χ3n) is 6.54. The summed E-state index contributed by atoms with van der Waals surface area (Å²) in [5.41, 5.74) is 4.79. The first kappa shape index (κ1) is 24.1. The van der Waals surface area contributed by atoms with Gasteiger partial charge in [-0.05, 0) is 48.9 Å². The Bertz CT molecular complexity index is 1720. The van der Waals surface area contributed by atoms with Crippen molar-refractivity contribution in [2.75, 3.05) is 7.11 Å². The molecule has 0 saturated carbocycles. The van der Waals surface area contributed by atoms with Crippen LogP contribution in [0.5, 0.6) is 5.88 Å². The summed E-state index contributed by atoms with van der Waals surface area (Å²) < 4.78 is 10.8. The Morgan fingerprint density at radius 2 is 2.10 bits per heavy atom. The monoisotopic (exact) mass is 520 g/mol. The highest BCUT2D eigenvalue weighted by atomic mass is 16.5. The van der Waals surface area contributed by atoms with Crippen molar-refractivity contribution < 1.29 is 19.2 Å². The summed E-state index contributed by atoms with van der Waals surface area (Å²) in [5.74, 6) is 1.42. The van der Waals surface area contributed by atoms with Gasteiger partial charge in [-0.1, -0.05) is 17.3 Å². The lowest BCUT2D eigenvalue weighted by atomic mass is 9.89. The van der Waals surface area contributed by atoms with E-state index in [2.05, 4.69) is 30.4 Å². The van der Waals surface area contributed by atoms with Crippen molar-refractivity contribution in [3.8, 4) is 17.1 Å². The van der Waals surface area contributed by atoms with E-state index < -0.39 is 0 Å². The Morgan fingerprint density at radius 1 is 1.21 bits per heavy atom. The molecule has 1 aromatic carbocycles. The minimum Gasteiger partial charge on any atom is -0.508 e. The number of nitrogens with one attached hydrogen (secondary N) is 2. The molecule has 1 amide bonds. The summed E-state index contributed by atoms with van der Waals surface area (Å²) in [5, 5.41) is 17.5. The number of benzene rings is 1. The smallest absolute Gasteiger partial charge is 0.251 e. The van der Waals surface area contributed by atoms with Crippen LogP contribution in [0.25, 0.3) is 27.9 Å². The van der Waals surface area contributed by atoms with Crippen molar-refractivity contribution in [2.24, 2.45) is 0 Å². The Kier molecular flexibility index (Phi) is 6.34.